The van der Waals surface area contributed by atoms with E-state index in [0.29, 0.717) is 33.7 Å². The van der Waals surface area contributed by atoms with E-state index in [4.69, 9.17) is 28.5 Å². The van der Waals surface area contributed by atoms with Crippen molar-refractivity contribution in [3.63, 3.8) is 0 Å². The van der Waals surface area contributed by atoms with Crippen LogP contribution in [0.5, 0.6) is 0 Å². The van der Waals surface area contributed by atoms with Crippen molar-refractivity contribution in [2.75, 3.05) is 4.90 Å². The Morgan fingerprint density at radius 2 is 2.09 bits per heavy atom. The van der Waals surface area contributed by atoms with Crippen molar-refractivity contribution in [3.05, 3.63) is 28.2 Å². The smallest absolute Gasteiger partial charge is 0.257 e. The number of aliphatic imine (C=N–C) groups is 1. The normalized spacial score (nSPS) is 31.0. The third kappa shape index (κ3) is 1.77. The minimum absolute atomic E-state index is 0.0282. The fourth-order valence-corrected chi connectivity index (χ4v) is 4.25. The predicted molar refractivity (Wildman–Crippen MR) is 83.8 cm³/mol. The van der Waals surface area contributed by atoms with Crippen molar-refractivity contribution in [1.82, 2.24) is 4.90 Å². The number of fused-ring (bicyclic) bond motifs is 5. The molecule has 112 valence electrons. The highest BCUT2D eigenvalue weighted by Crippen LogP contribution is 2.47. The number of piperidine rings is 1. The van der Waals surface area contributed by atoms with E-state index in [0.717, 1.165) is 19.3 Å². The molecule has 0 aromatic heterocycles. The lowest BCUT2D eigenvalue weighted by molar-refractivity contribution is -0.120. The van der Waals surface area contributed by atoms with Crippen LogP contribution in [-0.4, -0.2) is 28.9 Å². The number of hydrogen-bond acceptors (Lipinski definition) is 3. The average molecular weight is 335 g/mol. The molecule has 3 aliphatic rings. The summed E-state index contributed by atoms with van der Waals surface area (Å²) >= 11 is 12.0. The first kappa shape index (κ1) is 13.9. The molecular formula is C15H12Cl2N4O. The van der Waals surface area contributed by atoms with Crippen molar-refractivity contribution in [1.29, 1.82) is 5.26 Å². The molecule has 7 heteroatoms. The van der Waals surface area contributed by atoms with Crippen molar-refractivity contribution in [3.8, 4) is 6.19 Å². The predicted octanol–water partition coefficient (Wildman–Crippen LogP) is 3.03. The molecule has 0 radical (unpaired) electrons. The number of benzene rings is 1. The van der Waals surface area contributed by atoms with Gasteiger partial charge in [-0.2, -0.15) is 5.26 Å². The quantitative estimate of drug-likeness (QED) is 0.741. The monoisotopic (exact) mass is 334 g/mol. The first-order valence-corrected chi connectivity index (χ1v) is 7.91. The van der Waals surface area contributed by atoms with Crippen molar-refractivity contribution >= 4 is 40.8 Å². The van der Waals surface area contributed by atoms with Gasteiger partial charge in [-0.3, -0.25) is 4.79 Å². The van der Waals surface area contributed by atoms with Gasteiger partial charge in [0.25, 0.3) is 5.91 Å². The van der Waals surface area contributed by atoms with E-state index in [1.165, 1.54) is 4.90 Å². The third-order valence-corrected chi connectivity index (χ3v) is 5.54. The molecule has 0 spiro atoms. The van der Waals surface area contributed by atoms with Crippen molar-refractivity contribution in [2.45, 2.75) is 31.3 Å². The van der Waals surface area contributed by atoms with Crippen LogP contribution in [0.1, 0.15) is 19.3 Å². The largest absolute Gasteiger partial charge is 0.326 e. The zero-order valence-electron chi connectivity index (χ0n) is 11.5. The van der Waals surface area contributed by atoms with E-state index < -0.39 is 0 Å². The Morgan fingerprint density at radius 3 is 2.82 bits per heavy atom. The van der Waals surface area contributed by atoms with Crippen molar-refractivity contribution in [2.24, 2.45) is 10.9 Å². The number of guanidine groups is 1. The maximum absolute atomic E-state index is 12.9. The summed E-state index contributed by atoms with van der Waals surface area (Å²) in [4.78, 5) is 20.3. The number of nitrogens with zero attached hydrogens (tertiary/aromatic N) is 4. The molecule has 2 aliphatic heterocycles. The fourth-order valence-electron chi connectivity index (χ4n) is 3.96. The maximum atomic E-state index is 12.9. The molecule has 2 bridgehead atoms. The van der Waals surface area contributed by atoms with Crippen LogP contribution in [0.2, 0.25) is 10.0 Å². The molecular weight excluding hydrogens is 323 g/mol. The van der Waals surface area contributed by atoms with E-state index >= 15 is 0 Å². The zero-order chi connectivity index (χ0) is 15.4. The molecule has 1 aromatic carbocycles. The average Bonchev–Trinajstić information content (AvgIpc) is 3.16. The van der Waals surface area contributed by atoms with Crippen LogP contribution in [0.3, 0.4) is 0 Å². The van der Waals surface area contributed by atoms with Crippen molar-refractivity contribution < 1.29 is 4.79 Å². The zero-order valence-corrected chi connectivity index (χ0v) is 13.1. The van der Waals surface area contributed by atoms with Crippen LogP contribution >= 0.6 is 23.2 Å². The van der Waals surface area contributed by atoms with E-state index in [1.807, 2.05) is 11.1 Å². The number of anilines is 1. The summed E-state index contributed by atoms with van der Waals surface area (Å²) in [7, 11) is 0. The molecule has 1 saturated carbocycles. The summed E-state index contributed by atoms with van der Waals surface area (Å²) in [6.07, 6.45) is 4.94. The van der Waals surface area contributed by atoms with Gasteiger partial charge in [0, 0.05) is 6.04 Å². The van der Waals surface area contributed by atoms with Gasteiger partial charge >= 0.3 is 0 Å². The van der Waals surface area contributed by atoms with Crippen LogP contribution in [0.4, 0.5) is 5.69 Å². The van der Waals surface area contributed by atoms with Gasteiger partial charge in [-0.05, 0) is 43.4 Å². The SMILES string of the molecule is N#CN=C1N(c2ccc(Cl)c(Cl)c2)C(=O)[C@H]2C3CCC(C3)N12. The molecule has 1 amide bonds. The number of hydrogen-bond donors (Lipinski definition) is 0. The van der Waals surface area contributed by atoms with E-state index in [2.05, 4.69) is 4.99 Å². The molecule has 4 rings (SSSR count). The van der Waals surface area contributed by atoms with E-state index in [9.17, 15) is 4.79 Å². The second kappa shape index (κ2) is 4.87. The number of halogens is 2. The summed E-state index contributed by atoms with van der Waals surface area (Å²) in [6.45, 7) is 0. The van der Waals surface area contributed by atoms with Gasteiger partial charge in [0.05, 0.1) is 15.7 Å². The number of carbonyl (C=O) groups excluding carboxylic acids is 1. The summed E-state index contributed by atoms with van der Waals surface area (Å²) in [6, 6.07) is 5.12. The van der Waals surface area contributed by atoms with Crippen LogP contribution < -0.4 is 4.90 Å². The van der Waals surface area contributed by atoms with Crippen LogP contribution in [0, 0.1) is 17.4 Å². The van der Waals surface area contributed by atoms with Crippen LogP contribution in [0.25, 0.3) is 0 Å². The number of nitriles is 1. The molecule has 22 heavy (non-hydrogen) atoms. The standard InChI is InChI=1S/C15H12Cl2N4O/c16-11-4-3-10(6-12(11)17)21-14(22)13-8-1-2-9(5-8)20(13)15(21)19-7-18/h3-4,6,8-9,13H,1-2,5H2/t8?,9?,13-/m1/s1. The molecule has 2 heterocycles. The van der Waals surface area contributed by atoms with Gasteiger partial charge in [0.2, 0.25) is 12.2 Å². The topological polar surface area (TPSA) is 59.7 Å². The minimum atomic E-state index is -0.194. The molecule has 1 aliphatic carbocycles. The number of carbonyl (C=O) groups is 1. The minimum Gasteiger partial charge on any atom is -0.326 e. The second-order valence-corrected chi connectivity index (χ2v) is 6.68. The molecule has 3 atom stereocenters. The van der Waals surface area contributed by atoms with Gasteiger partial charge < -0.3 is 4.90 Å². The second-order valence-electron chi connectivity index (χ2n) is 5.86. The lowest BCUT2D eigenvalue weighted by Gasteiger charge is -2.28. The Kier molecular flexibility index (Phi) is 3.07. The Hall–Kier alpha value is -1.77. The maximum Gasteiger partial charge on any atom is 0.257 e. The summed E-state index contributed by atoms with van der Waals surface area (Å²) in [5.41, 5.74) is 0.599. The molecule has 2 saturated heterocycles. The highest BCUT2D eigenvalue weighted by molar-refractivity contribution is 6.42. The summed E-state index contributed by atoms with van der Waals surface area (Å²) < 4.78 is 0. The van der Waals surface area contributed by atoms with Crippen LogP contribution in [0.15, 0.2) is 23.2 Å². The molecule has 3 fully saturated rings. The summed E-state index contributed by atoms with van der Waals surface area (Å²) in [5, 5.41) is 9.82. The molecule has 0 N–H and O–H groups in total. The Bertz CT molecular complexity index is 742. The van der Waals surface area contributed by atoms with E-state index in [1.54, 1.807) is 18.2 Å². The molecule has 2 unspecified atom stereocenters. The number of rotatable bonds is 1. The highest BCUT2D eigenvalue weighted by atomic mass is 35.5. The summed E-state index contributed by atoms with van der Waals surface area (Å²) in [5.74, 6) is 0.747. The van der Waals surface area contributed by atoms with Gasteiger partial charge in [-0.1, -0.05) is 23.2 Å². The first-order valence-electron chi connectivity index (χ1n) is 7.16. The van der Waals surface area contributed by atoms with Crippen LogP contribution in [-0.2, 0) is 4.79 Å². The van der Waals surface area contributed by atoms with Gasteiger partial charge in [0.15, 0.2) is 0 Å². The van der Waals surface area contributed by atoms with Gasteiger partial charge in [0.1, 0.15) is 6.04 Å². The highest BCUT2D eigenvalue weighted by Gasteiger charge is 2.58. The lowest BCUT2D eigenvalue weighted by Crippen LogP contribution is -2.41. The first-order chi connectivity index (χ1) is 10.6. The third-order valence-electron chi connectivity index (χ3n) is 4.80. The lowest BCUT2D eigenvalue weighted by atomic mass is 9.99. The molecule has 5 nitrogen and oxygen atoms in total. The van der Waals surface area contributed by atoms with E-state index in [-0.39, 0.29) is 11.9 Å². The van der Waals surface area contributed by atoms with Gasteiger partial charge in [-0.15, -0.1) is 4.99 Å². The Morgan fingerprint density at radius 1 is 1.27 bits per heavy atom. The number of amides is 1. The Balaban J connectivity index is 1.81. The molecule has 1 aromatic rings. The Labute approximate surface area is 137 Å². The fraction of sp³-hybridized carbons (Fsp3) is 0.400. The van der Waals surface area contributed by atoms with Gasteiger partial charge in [-0.25, -0.2) is 4.90 Å².